The summed E-state index contributed by atoms with van der Waals surface area (Å²) in [7, 11) is 0. The van der Waals surface area contributed by atoms with Crippen LogP contribution in [0.4, 0.5) is 0 Å². The first-order valence-corrected chi connectivity index (χ1v) is 5.91. The number of likely N-dealkylation sites (tertiary alicyclic amines) is 1. The number of nitrogens with two attached hydrogens (primary N) is 1. The molecular formula is C13H20N2. The fourth-order valence-electron chi connectivity index (χ4n) is 2.45. The van der Waals surface area contributed by atoms with Crippen molar-refractivity contribution in [1.82, 2.24) is 4.90 Å². The molecule has 2 heteroatoms. The first kappa shape index (κ1) is 10.7. The molecule has 2 rings (SSSR count). The summed E-state index contributed by atoms with van der Waals surface area (Å²) < 4.78 is 0. The van der Waals surface area contributed by atoms with E-state index in [9.17, 15) is 0 Å². The summed E-state index contributed by atoms with van der Waals surface area (Å²) in [4.78, 5) is 2.57. The predicted molar refractivity (Wildman–Crippen MR) is 63.7 cm³/mol. The van der Waals surface area contributed by atoms with Crippen LogP contribution in [0.5, 0.6) is 0 Å². The summed E-state index contributed by atoms with van der Waals surface area (Å²) in [6.45, 7) is 3.25. The average Bonchev–Trinajstić information content (AvgIpc) is 2.80. The maximum Gasteiger partial charge on any atom is 0.0360 e. The van der Waals surface area contributed by atoms with Crippen LogP contribution in [0.25, 0.3) is 0 Å². The number of nitrogens with zero attached hydrogens (tertiary/aromatic N) is 1. The summed E-state index contributed by atoms with van der Waals surface area (Å²) in [5.74, 6) is 0. The van der Waals surface area contributed by atoms with Gasteiger partial charge in [-0.05, 0) is 44.5 Å². The molecule has 1 saturated heterocycles. The van der Waals surface area contributed by atoms with Gasteiger partial charge in [-0.1, -0.05) is 30.3 Å². The minimum atomic E-state index is 0.540. The summed E-state index contributed by atoms with van der Waals surface area (Å²) >= 11 is 0. The smallest absolute Gasteiger partial charge is 0.0360 e. The monoisotopic (exact) mass is 204 g/mol. The molecule has 0 amide bonds. The van der Waals surface area contributed by atoms with E-state index in [1.165, 1.54) is 31.5 Å². The van der Waals surface area contributed by atoms with E-state index >= 15 is 0 Å². The molecule has 2 nitrogen and oxygen atoms in total. The molecule has 1 aliphatic rings. The van der Waals surface area contributed by atoms with Gasteiger partial charge in [0.05, 0.1) is 0 Å². The quantitative estimate of drug-likeness (QED) is 0.814. The highest BCUT2D eigenvalue weighted by Crippen LogP contribution is 2.27. The van der Waals surface area contributed by atoms with Crippen LogP contribution < -0.4 is 5.73 Å². The van der Waals surface area contributed by atoms with E-state index in [1.54, 1.807) is 0 Å². The van der Waals surface area contributed by atoms with Gasteiger partial charge in [-0.25, -0.2) is 0 Å². The van der Waals surface area contributed by atoms with Gasteiger partial charge in [-0.3, -0.25) is 4.90 Å². The van der Waals surface area contributed by atoms with Crippen LogP contribution in [-0.2, 0) is 0 Å². The molecule has 1 unspecified atom stereocenters. The van der Waals surface area contributed by atoms with E-state index in [1.807, 2.05) is 0 Å². The van der Waals surface area contributed by atoms with E-state index < -0.39 is 0 Å². The zero-order valence-electron chi connectivity index (χ0n) is 9.23. The van der Waals surface area contributed by atoms with Crippen LogP contribution in [0.3, 0.4) is 0 Å². The molecule has 0 aromatic heterocycles. The molecule has 1 aromatic rings. The third-order valence-electron chi connectivity index (χ3n) is 3.21. The number of rotatable bonds is 4. The van der Waals surface area contributed by atoms with Gasteiger partial charge in [0, 0.05) is 6.04 Å². The number of hydrogen-bond donors (Lipinski definition) is 1. The lowest BCUT2D eigenvalue weighted by atomic mass is 10.0. The summed E-state index contributed by atoms with van der Waals surface area (Å²) in [5, 5.41) is 0. The average molecular weight is 204 g/mol. The second-order valence-electron chi connectivity index (χ2n) is 4.25. The van der Waals surface area contributed by atoms with Crippen LogP contribution in [0, 0.1) is 0 Å². The first-order valence-electron chi connectivity index (χ1n) is 5.91. The molecule has 1 fully saturated rings. The highest BCUT2D eigenvalue weighted by atomic mass is 15.2. The molecule has 82 valence electrons. The van der Waals surface area contributed by atoms with Gasteiger partial charge in [-0.2, -0.15) is 0 Å². The lowest BCUT2D eigenvalue weighted by Crippen LogP contribution is -2.27. The fraction of sp³-hybridized carbons (Fsp3) is 0.538. The molecule has 0 bridgehead atoms. The molecule has 1 aliphatic heterocycles. The van der Waals surface area contributed by atoms with Gasteiger partial charge in [0.25, 0.3) is 0 Å². The van der Waals surface area contributed by atoms with Crippen molar-refractivity contribution in [3.05, 3.63) is 35.9 Å². The van der Waals surface area contributed by atoms with Crippen molar-refractivity contribution >= 4 is 0 Å². The second-order valence-corrected chi connectivity index (χ2v) is 4.25. The zero-order valence-corrected chi connectivity index (χ0v) is 9.23. The van der Waals surface area contributed by atoms with Gasteiger partial charge in [0.2, 0.25) is 0 Å². The summed E-state index contributed by atoms with van der Waals surface area (Å²) in [6.07, 6.45) is 3.76. The van der Waals surface area contributed by atoms with Gasteiger partial charge in [-0.15, -0.1) is 0 Å². The second kappa shape index (κ2) is 5.29. The Balaban J connectivity index is 2.11. The van der Waals surface area contributed by atoms with E-state index in [2.05, 4.69) is 35.2 Å². The van der Waals surface area contributed by atoms with Gasteiger partial charge < -0.3 is 5.73 Å². The molecule has 1 heterocycles. The number of benzene rings is 1. The Morgan fingerprint density at radius 1 is 1.13 bits per heavy atom. The topological polar surface area (TPSA) is 29.3 Å². The molecule has 0 aliphatic carbocycles. The maximum absolute atomic E-state index is 5.71. The Kier molecular flexibility index (Phi) is 3.75. The van der Waals surface area contributed by atoms with Gasteiger partial charge in [0.1, 0.15) is 0 Å². The van der Waals surface area contributed by atoms with Crippen LogP contribution >= 0.6 is 0 Å². The van der Waals surface area contributed by atoms with Crippen LogP contribution in [0.15, 0.2) is 30.3 Å². The van der Waals surface area contributed by atoms with Crippen molar-refractivity contribution in [3.8, 4) is 0 Å². The fourth-order valence-corrected chi connectivity index (χ4v) is 2.45. The van der Waals surface area contributed by atoms with Crippen molar-refractivity contribution < 1.29 is 0 Å². The Bertz CT molecular complexity index is 278. The third-order valence-corrected chi connectivity index (χ3v) is 3.21. The van der Waals surface area contributed by atoms with Crippen LogP contribution in [-0.4, -0.2) is 24.5 Å². The Morgan fingerprint density at radius 3 is 2.40 bits per heavy atom. The minimum absolute atomic E-state index is 0.540. The highest BCUT2D eigenvalue weighted by Gasteiger charge is 2.22. The zero-order chi connectivity index (χ0) is 10.5. The largest absolute Gasteiger partial charge is 0.330 e. The summed E-state index contributed by atoms with van der Waals surface area (Å²) in [6, 6.07) is 11.3. The van der Waals surface area contributed by atoms with E-state index in [0.717, 1.165) is 13.0 Å². The van der Waals surface area contributed by atoms with Crippen LogP contribution in [0.2, 0.25) is 0 Å². The Morgan fingerprint density at radius 2 is 1.80 bits per heavy atom. The predicted octanol–water partition coefficient (Wildman–Crippen LogP) is 2.17. The SMILES string of the molecule is NCCC(c1ccccc1)N1CCCC1. The molecular weight excluding hydrogens is 184 g/mol. The third kappa shape index (κ3) is 2.58. The van der Waals surface area contributed by atoms with Crippen molar-refractivity contribution in [2.45, 2.75) is 25.3 Å². The highest BCUT2D eigenvalue weighted by molar-refractivity contribution is 5.19. The van der Waals surface area contributed by atoms with Crippen molar-refractivity contribution in [2.24, 2.45) is 5.73 Å². The standard InChI is InChI=1S/C13H20N2/c14-9-8-13(15-10-4-5-11-15)12-6-2-1-3-7-12/h1-3,6-7,13H,4-5,8-11,14H2. The number of hydrogen-bond acceptors (Lipinski definition) is 2. The Labute approximate surface area is 92.1 Å². The van der Waals surface area contributed by atoms with E-state index in [4.69, 9.17) is 5.73 Å². The Hall–Kier alpha value is -0.860. The van der Waals surface area contributed by atoms with Crippen LogP contribution in [0.1, 0.15) is 30.9 Å². The molecule has 2 N–H and O–H groups in total. The van der Waals surface area contributed by atoms with Crippen molar-refractivity contribution in [2.75, 3.05) is 19.6 Å². The summed E-state index contributed by atoms with van der Waals surface area (Å²) in [5.41, 5.74) is 7.13. The lowest BCUT2D eigenvalue weighted by molar-refractivity contribution is 0.236. The maximum atomic E-state index is 5.71. The van der Waals surface area contributed by atoms with Crippen molar-refractivity contribution in [1.29, 1.82) is 0 Å². The molecule has 1 atom stereocenters. The van der Waals surface area contributed by atoms with Gasteiger partial charge >= 0.3 is 0 Å². The molecule has 1 aromatic carbocycles. The van der Waals surface area contributed by atoms with Crippen molar-refractivity contribution in [3.63, 3.8) is 0 Å². The van der Waals surface area contributed by atoms with E-state index in [-0.39, 0.29) is 0 Å². The first-order chi connectivity index (χ1) is 7.42. The molecule has 0 saturated carbocycles. The minimum Gasteiger partial charge on any atom is -0.330 e. The van der Waals surface area contributed by atoms with E-state index in [0.29, 0.717) is 6.04 Å². The van der Waals surface area contributed by atoms with Gasteiger partial charge in [0.15, 0.2) is 0 Å². The molecule has 15 heavy (non-hydrogen) atoms. The molecule has 0 radical (unpaired) electrons. The lowest BCUT2D eigenvalue weighted by Gasteiger charge is -2.27. The normalized spacial score (nSPS) is 19.3. The molecule has 0 spiro atoms.